The quantitative estimate of drug-likeness (QED) is 0.794. The van der Waals surface area contributed by atoms with Crippen LogP contribution in [0.1, 0.15) is 12.8 Å². The molecular weight excluding hydrogens is 320 g/mol. The van der Waals surface area contributed by atoms with Crippen LogP contribution in [0.3, 0.4) is 0 Å². The van der Waals surface area contributed by atoms with E-state index < -0.39 is 0 Å². The third kappa shape index (κ3) is 3.49. The summed E-state index contributed by atoms with van der Waals surface area (Å²) in [5, 5.41) is 3.32. The van der Waals surface area contributed by atoms with Crippen molar-refractivity contribution >= 4 is 0 Å². The van der Waals surface area contributed by atoms with Crippen molar-refractivity contribution in [2.45, 2.75) is 18.4 Å². The van der Waals surface area contributed by atoms with Crippen LogP contribution in [0.15, 0.2) is 30.6 Å². The third-order valence-corrected chi connectivity index (χ3v) is 4.63. The first-order chi connectivity index (χ1) is 12.2. The smallest absolute Gasteiger partial charge is 0.203 e. The molecular formula is C19H24N2O4. The number of methoxy groups -OCH3 is 3. The molecule has 0 spiro atoms. The minimum atomic E-state index is 0.122. The van der Waals surface area contributed by atoms with Gasteiger partial charge < -0.3 is 24.3 Å². The Morgan fingerprint density at radius 3 is 2.40 bits per heavy atom. The van der Waals surface area contributed by atoms with Gasteiger partial charge in [0.05, 0.1) is 33.1 Å². The molecule has 1 N–H and O–H groups in total. The van der Waals surface area contributed by atoms with Crippen molar-refractivity contribution in [2.75, 3.05) is 35.0 Å². The molecule has 0 bridgehead atoms. The van der Waals surface area contributed by atoms with Crippen LogP contribution in [0.25, 0.3) is 11.1 Å². The van der Waals surface area contributed by atoms with Gasteiger partial charge in [0.25, 0.3) is 0 Å². The Morgan fingerprint density at radius 2 is 1.80 bits per heavy atom. The number of nitrogens with one attached hydrogen (secondary N) is 1. The molecule has 0 amide bonds. The van der Waals surface area contributed by atoms with E-state index in [4.69, 9.17) is 18.9 Å². The summed E-state index contributed by atoms with van der Waals surface area (Å²) in [5.41, 5.74) is 1.88. The molecule has 1 aromatic carbocycles. The highest BCUT2D eigenvalue weighted by Gasteiger charge is 2.41. The number of hydrogen-bond acceptors (Lipinski definition) is 6. The first kappa shape index (κ1) is 17.4. The maximum atomic E-state index is 5.94. The summed E-state index contributed by atoms with van der Waals surface area (Å²) >= 11 is 0. The fraction of sp³-hybridized carbons (Fsp3) is 0.421. The minimum Gasteiger partial charge on any atom is -0.493 e. The number of pyridine rings is 1. The van der Waals surface area contributed by atoms with Gasteiger partial charge in [0.1, 0.15) is 12.4 Å². The van der Waals surface area contributed by atoms with Crippen LogP contribution >= 0.6 is 0 Å². The second-order valence-corrected chi connectivity index (χ2v) is 6.11. The Labute approximate surface area is 148 Å². The lowest BCUT2D eigenvalue weighted by Gasteiger charge is -2.17. The summed E-state index contributed by atoms with van der Waals surface area (Å²) in [7, 11) is 6.77. The molecule has 134 valence electrons. The third-order valence-electron chi connectivity index (χ3n) is 4.63. The number of nitrogens with zero attached hydrogens (tertiary/aromatic N) is 1. The predicted molar refractivity (Wildman–Crippen MR) is 95.8 cm³/mol. The van der Waals surface area contributed by atoms with Gasteiger partial charge in [-0.1, -0.05) is 0 Å². The first-order valence-electron chi connectivity index (χ1n) is 8.22. The van der Waals surface area contributed by atoms with Crippen molar-refractivity contribution in [1.29, 1.82) is 0 Å². The lowest BCUT2D eigenvalue weighted by Crippen LogP contribution is -2.33. The highest BCUT2D eigenvalue weighted by Crippen LogP contribution is 2.44. The standard InChI is InChI=1S/C19H24N2O4/c1-20-19(7-8-19)12-25-14-9-13(10-21-11-14)15-5-6-16(22-2)18(24-4)17(15)23-3/h5-6,9-11,20H,7-8,12H2,1-4H3. The topological polar surface area (TPSA) is 61.8 Å². The molecule has 0 aliphatic heterocycles. The second-order valence-electron chi connectivity index (χ2n) is 6.11. The zero-order valence-electron chi connectivity index (χ0n) is 15.1. The Bertz CT molecular complexity index is 744. The first-order valence-corrected chi connectivity index (χ1v) is 8.22. The van der Waals surface area contributed by atoms with Crippen molar-refractivity contribution in [3.05, 3.63) is 30.6 Å². The molecule has 1 aliphatic rings. The van der Waals surface area contributed by atoms with E-state index in [-0.39, 0.29) is 5.54 Å². The van der Waals surface area contributed by atoms with E-state index in [1.54, 1.807) is 33.7 Å². The van der Waals surface area contributed by atoms with Gasteiger partial charge in [-0.05, 0) is 38.1 Å². The Kier molecular flexibility index (Phi) is 4.99. The minimum absolute atomic E-state index is 0.122. The summed E-state index contributed by atoms with van der Waals surface area (Å²) in [6, 6.07) is 5.74. The molecule has 25 heavy (non-hydrogen) atoms. The lowest BCUT2D eigenvalue weighted by atomic mass is 10.1. The SMILES string of the molecule is CNC1(COc2cncc(-c3ccc(OC)c(OC)c3OC)c2)CC1. The van der Waals surface area contributed by atoms with Gasteiger partial charge in [0.15, 0.2) is 11.5 Å². The number of ether oxygens (including phenoxy) is 4. The van der Waals surface area contributed by atoms with Gasteiger partial charge in [-0.25, -0.2) is 0 Å². The maximum absolute atomic E-state index is 5.94. The highest BCUT2D eigenvalue weighted by atomic mass is 16.5. The molecule has 1 fully saturated rings. The molecule has 0 radical (unpaired) electrons. The van der Waals surface area contributed by atoms with Gasteiger partial charge in [-0.2, -0.15) is 0 Å². The normalized spacial score (nSPS) is 14.7. The van der Waals surface area contributed by atoms with E-state index in [2.05, 4.69) is 10.3 Å². The van der Waals surface area contributed by atoms with Crippen molar-refractivity contribution in [1.82, 2.24) is 10.3 Å². The van der Waals surface area contributed by atoms with Crippen LogP contribution in [0.5, 0.6) is 23.0 Å². The highest BCUT2D eigenvalue weighted by molar-refractivity contribution is 5.76. The van der Waals surface area contributed by atoms with Crippen LogP contribution in [0.4, 0.5) is 0 Å². The molecule has 1 heterocycles. The molecule has 1 aromatic heterocycles. The van der Waals surface area contributed by atoms with E-state index >= 15 is 0 Å². The second kappa shape index (κ2) is 7.19. The molecule has 0 atom stereocenters. The Hall–Kier alpha value is -2.47. The zero-order chi connectivity index (χ0) is 17.9. The van der Waals surface area contributed by atoms with E-state index in [1.165, 1.54) is 0 Å². The summed E-state index contributed by atoms with van der Waals surface area (Å²) in [6.45, 7) is 0.637. The van der Waals surface area contributed by atoms with Crippen molar-refractivity contribution in [2.24, 2.45) is 0 Å². The number of hydrogen-bond donors (Lipinski definition) is 1. The average Bonchev–Trinajstić information content (AvgIpc) is 3.45. The number of benzene rings is 1. The largest absolute Gasteiger partial charge is 0.493 e. The molecule has 6 heteroatoms. The van der Waals surface area contributed by atoms with E-state index in [1.807, 2.05) is 25.2 Å². The summed E-state index contributed by atoms with van der Waals surface area (Å²) < 4.78 is 22.3. The number of aromatic nitrogens is 1. The molecule has 2 aromatic rings. The van der Waals surface area contributed by atoms with Gasteiger partial charge in [-0.3, -0.25) is 4.98 Å². The maximum Gasteiger partial charge on any atom is 0.203 e. The fourth-order valence-corrected chi connectivity index (χ4v) is 2.81. The van der Waals surface area contributed by atoms with E-state index in [9.17, 15) is 0 Å². The van der Waals surface area contributed by atoms with Crippen molar-refractivity contribution < 1.29 is 18.9 Å². The summed E-state index contributed by atoms with van der Waals surface area (Å²) in [6.07, 6.45) is 5.78. The van der Waals surface area contributed by atoms with Crippen LogP contribution in [-0.2, 0) is 0 Å². The lowest BCUT2D eigenvalue weighted by molar-refractivity contribution is 0.259. The predicted octanol–water partition coefficient (Wildman–Crippen LogP) is 2.91. The van der Waals surface area contributed by atoms with Gasteiger partial charge in [0.2, 0.25) is 5.75 Å². The van der Waals surface area contributed by atoms with Gasteiger partial charge in [0, 0.05) is 17.3 Å². The van der Waals surface area contributed by atoms with Crippen LogP contribution < -0.4 is 24.3 Å². The van der Waals surface area contributed by atoms with E-state index in [0.717, 1.165) is 29.7 Å². The Balaban J connectivity index is 1.90. The molecule has 6 nitrogen and oxygen atoms in total. The number of likely N-dealkylation sites (N-methyl/N-ethyl adjacent to an activating group) is 1. The van der Waals surface area contributed by atoms with Gasteiger partial charge >= 0.3 is 0 Å². The molecule has 1 saturated carbocycles. The van der Waals surface area contributed by atoms with E-state index in [0.29, 0.717) is 23.9 Å². The average molecular weight is 344 g/mol. The van der Waals surface area contributed by atoms with Crippen molar-refractivity contribution in [3.8, 4) is 34.1 Å². The zero-order valence-corrected chi connectivity index (χ0v) is 15.1. The van der Waals surface area contributed by atoms with Crippen LogP contribution in [-0.4, -0.2) is 45.5 Å². The monoisotopic (exact) mass is 344 g/mol. The van der Waals surface area contributed by atoms with Crippen LogP contribution in [0, 0.1) is 0 Å². The molecule has 1 aliphatic carbocycles. The molecule has 0 unspecified atom stereocenters. The van der Waals surface area contributed by atoms with Crippen LogP contribution in [0.2, 0.25) is 0 Å². The fourth-order valence-electron chi connectivity index (χ4n) is 2.81. The summed E-state index contributed by atoms with van der Waals surface area (Å²) in [5.74, 6) is 2.51. The number of rotatable bonds is 8. The molecule has 3 rings (SSSR count). The Morgan fingerprint density at radius 1 is 1.04 bits per heavy atom. The summed E-state index contributed by atoms with van der Waals surface area (Å²) in [4.78, 5) is 4.31. The molecule has 0 saturated heterocycles. The van der Waals surface area contributed by atoms with Crippen molar-refractivity contribution in [3.63, 3.8) is 0 Å². The van der Waals surface area contributed by atoms with Gasteiger partial charge in [-0.15, -0.1) is 0 Å².